The molecule has 0 aliphatic heterocycles. The molecule has 27 heavy (non-hydrogen) atoms. The van der Waals surface area contributed by atoms with Crippen molar-refractivity contribution >= 4 is 17.5 Å². The molecule has 0 atom stereocenters. The molecule has 0 aliphatic carbocycles. The van der Waals surface area contributed by atoms with Crippen molar-refractivity contribution in [3.8, 4) is 16.9 Å². The number of hydrogen-bond acceptors (Lipinski definition) is 2. The molecule has 1 N–H and O–H groups in total. The van der Waals surface area contributed by atoms with Crippen LogP contribution in [0.2, 0.25) is 5.02 Å². The lowest BCUT2D eigenvalue weighted by atomic mass is 10.1. The van der Waals surface area contributed by atoms with Crippen molar-refractivity contribution < 1.29 is 9.18 Å². The number of amides is 1. The van der Waals surface area contributed by atoms with Crippen LogP contribution in [0.3, 0.4) is 0 Å². The lowest BCUT2D eigenvalue weighted by molar-refractivity contribution is 0.0945. The summed E-state index contributed by atoms with van der Waals surface area (Å²) in [6.45, 7) is 2.69. The SMILES string of the molecule is CCCCCNC(=O)c1cc(-c2ccccc2F)nn1-c1cccc(Cl)c1. The zero-order valence-electron chi connectivity index (χ0n) is 15.1. The minimum Gasteiger partial charge on any atom is -0.351 e. The van der Waals surface area contributed by atoms with Gasteiger partial charge in [-0.1, -0.05) is 49.6 Å². The van der Waals surface area contributed by atoms with Gasteiger partial charge in [-0.15, -0.1) is 0 Å². The number of unbranched alkanes of at least 4 members (excludes halogenated alkanes) is 2. The average Bonchev–Trinajstić information content (AvgIpc) is 3.11. The molecule has 1 aromatic heterocycles. The predicted octanol–water partition coefficient (Wildman–Crippen LogP) is 5.25. The molecular formula is C21H21ClFN3O. The molecule has 0 radical (unpaired) electrons. The number of carbonyl (C=O) groups is 1. The van der Waals surface area contributed by atoms with Crippen molar-refractivity contribution in [2.24, 2.45) is 0 Å². The number of nitrogens with zero attached hydrogens (tertiary/aromatic N) is 2. The van der Waals surface area contributed by atoms with E-state index in [1.807, 2.05) is 0 Å². The zero-order valence-corrected chi connectivity index (χ0v) is 15.8. The summed E-state index contributed by atoms with van der Waals surface area (Å²) in [7, 11) is 0. The van der Waals surface area contributed by atoms with E-state index in [0.717, 1.165) is 19.3 Å². The van der Waals surface area contributed by atoms with Gasteiger partial charge < -0.3 is 5.32 Å². The highest BCUT2D eigenvalue weighted by Crippen LogP contribution is 2.25. The van der Waals surface area contributed by atoms with E-state index in [0.29, 0.717) is 34.2 Å². The largest absolute Gasteiger partial charge is 0.351 e. The molecule has 0 bridgehead atoms. The number of hydrogen-bond donors (Lipinski definition) is 1. The molecule has 0 saturated carbocycles. The van der Waals surface area contributed by atoms with Crippen LogP contribution in [0.5, 0.6) is 0 Å². The van der Waals surface area contributed by atoms with Gasteiger partial charge in [0, 0.05) is 17.1 Å². The Balaban J connectivity index is 1.99. The van der Waals surface area contributed by atoms with E-state index in [2.05, 4.69) is 17.3 Å². The Morgan fingerprint density at radius 3 is 2.70 bits per heavy atom. The number of halogens is 2. The molecule has 1 amide bonds. The number of carbonyl (C=O) groups excluding carboxylic acids is 1. The number of aromatic nitrogens is 2. The van der Waals surface area contributed by atoms with Gasteiger partial charge in [0.25, 0.3) is 5.91 Å². The Morgan fingerprint density at radius 1 is 1.15 bits per heavy atom. The van der Waals surface area contributed by atoms with Gasteiger partial charge in [0.1, 0.15) is 11.5 Å². The molecule has 2 aromatic carbocycles. The Morgan fingerprint density at radius 2 is 1.96 bits per heavy atom. The summed E-state index contributed by atoms with van der Waals surface area (Å²) >= 11 is 6.09. The third kappa shape index (κ3) is 4.55. The van der Waals surface area contributed by atoms with Crippen LogP contribution in [0, 0.1) is 5.82 Å². The molecule has 1 heterocycles. The van der Waals surface area contributed by atoms with E-state index in [9.17, 15) is 9.18 Å². The highest BCUT2D eigenvalue weighted by Gasteiger charge is 2.19. The average molecular weight is 386 g/mol. The normalized spacial score (nSPS) is 10.8. The fraction of sp³-hybridized carbons (Fsp3) is 0.238. The lowest BCUT2D eigenvalue weighted by Gasteiger charge is -2.08. The highest BCUT2D eigenvalue weighted by atomic mass is 35.5. The van der Waals surface area contributed by atoms with Crippen molar-refractivity contribution in [2.75, 3.05) is 6.54 Å². The Bertz CT molecular complexity index is 939. The van der Waals surface area contributed by atoms with Gasteiger partial charge in [-0.05, 0) is 42.8 Å². The van der Waals surface area contributed by atoms with Crippen molar-refractivity contribution in [1.29, 1.82) is 0 Å². The number of nitrogens with one attached hydrogen (secondary N) is 1. The van der Waals surface area contributed by atoms with Gasteiger partial charge in [0.05, 0.1) is 11.4 Å². The van der Waals surface area contributed by atoms with Crippen LogP contribution in [0.25, 0.3) is 16.9 Å². The molecule has 0 aliphatic rings. The third-order valence-electron chi connectivity index (χ3n) is 4.21. The van der Waals surface area contributed by atoms with Gasteiger partial charge in [0.15, 0.2) is 0 Å². The smallest absolute Gasteiger partial charge is 0.270 e. The summed E-state index contributed by atoms with van der Waals surface area (Å²) in [6.07, 6.45) is 3.04. The van der Waals surface area contributed by atoms with Crippen molar-refractivity contribution in [3.05, 3.63) is 71.1 Å². The Kier molecular flexibility index (Phi) is 6.24. The highest BCUT2D eigenvalue weighted by molar-refractivity contribution is 6.30. The van der Waals surface area contributed by atoms with E-state index in [1.165, 1.54) is 10.7 Å². The monoisotopic (exact) mass is 385 g/mol. The molecule has 0 fully saturated rings. The second kappa shape index (κ2) is 8.82. The summed E-state index contributed by atoms with van der Waals surface area (Å²) in [5, 5.41) is 7.92. The molecular weight excluding hydrogens is 365 g/mol. The van der Waals surface area contributed by atoms with E-state index in [1.54, 1.807) is 48.5 Å². The quantitative estimate of drug-likeness (QED) is 0.564. The van der Waals surface area contributed by atoms with Crippen LogP contribution in [0.4, 0.5) is 4.39 Å². The molecule has 0 spiro atoms. The van der Waals surface area contributed by atoms with Crippen LogP contribution < -0.4 is 5.32 Å². The maximum atomic E-state index is 14.2. The fourth-order valence-corrected chi connectivity index (χ4v) is 3.00. The maximum absolute atomic E-state index is 14.2. The lowest BCUT2D eigenvalue weighted by Crippen LogP contribution is -2.26. The van der Waals surface area contributed by atoms with Gasteiger partial charge >= 0.3 is 0 Å². The summed E-state index contributed by atoms with van der Waals surface area (Å²) in [4.78, 5) is 12.7. The second-order valence-corrected chi connectivity index (χ2v) is 6.69. The second-order valence-electron chi connectivity index (χ2n) is 6.25. The van der Waals surface area contributed by atoms with E-state index < -0.39 is 0 Å². The first kappa shape index (κ1) is 19.1. The van der Waals surface area contributed by atoms with Crippen LogP contribution in [-0.2, 0) is 0 Å². The predicted molar refractivity (Wildman–Crippen MR) is 106 cm³/mol. The minimum absolute atomic E-state index is 0.249. The molecule has 3 aromatic rings. The summed E-state index contributed by atoms with van der Waals surface area (Å²) in [5.74, 6) is -0.635. The van der Waals surface area contributed by atoms with Crippen molar-refractivity contribution in [3.63, 3.8) is 0 Å². The van der Waals surface area contributed by atoms with Gasteiger partial charge in [-0.3, -0.25) is 4.79 Å². The summed E-state index contributed by atoms with van der Waals surface area (Å²) in [6, 6.07) is 15.0. The Labute approximate surface area is 163 Å². The zero-order chi connectivity index (χ0) is 19.2. The first-order chi connectivity index (χ1) is 13.1. The maximum Gasteiger partial charge on any atom is 0.270 e. The van der Waals surface area contributed by atoms with Crippen molar-refractivity contribution in [1.82, 2.24) is 15.1 Å². The standard InChI is InChI=1S/C21H21ClFN3O/c1-2-3-6-12-24-21(27)20-14-19(17-10-4-5-11-18(17)23)25-26(20)16-9-7-8-15(22)13-16/h4-5,7-11,13-14H,2-3,6,12H2,1H3,(H,24,27). The van der Waals surface area contributed by atoms with Crippen LogP contribution in [0.1, 0.15) is 36.7 Å². The first-order valence-electron chi connectivity index (χ1n) is 8.99. The van der Waals surface area contributed by atoms with Gasteiger partial charge in [-0.25, -0.2) is 9.07 Å². The molecule has 6 heteroatoms. The van der Waals surface area contributed by atoms with Gasteiger partial charge in [-0.2, -0.15) is 5.10 Å². The fourth-order valence-electron chi connectivity index (χ4n) is 2.82. The Hall–Kier alpha value is -2.66. The minimum atomic E-state index is -0.386. The van der Waals surface area contributed by atoms with E-state index in [4.69, 9.17) is 11.6 Å². The summed E-state index contributed by atoms with van der Waals surface area (Å²) < 4.78 is 15.7. The first-order valence-corrected chi connectivity index (χ1v) is 9.37. The van der Waals surface area contributed by atoms with Crippen LogP contribution in [0.15, 0.2) is 54.6 Å². The van der Waals surface area contributed by atoms with E-state index >= 15 is 0 Å². The van der Waals surface area contributed by atoms with Crippen LogP contribution in [-0.4, -0.2) is 22.2 Å². The van der Waals surface area contributed by atoms with E-state index in [-0.39, 0.29) is 11.7 Å². The number of rotatable bonds is 7. The van der Waals surface area contributed by atoms with Crippen LogP contribution >= 0.6 is 11.6 Å². The number of benzene rings is 2. The molecule has 0 saturated heterocycles. The molecule has 4 nitrogen and oxygen atoms in total. The molecule has 3 rings (SSSR count). The summed E-state index contributed by atoms with van der Waals surface area (Å²) in [5.41, 5.74) is 1.72. The molecule has 140 valence electrons. The topological polar surface area (TPSA) is 46.9 Å². The molecule has 0 unspecified atom stereocenters. The van der Waals surface area contributed by atoms with Gasteiger partial charge in [0.2, 0.25) is 0 Å². The van der Waals surface area contributed by atoms with Crippen molar-refractivity contribution in [2.45, 2.75) is 26.2 Å². The third-order valence-corrected chi connectivity index (χ3v) is 4.45.